The molecule has 2 rings (SSSR count). The Morgan fingerprint density at radius 2 is 1.67 bits per heavy atom. The van der Waals surface area contributed by atoms with E-state index >= 15 is 0 Å². The van der Waals surface area contributed by atoms with Gasteiger partial charge in [0.25, 0.3) is 5.91 Å². The van der Waals surface area contributed by atoms with Crippen molar-refractivity contribution >= 4 is 23.6 Å². The predicted molar refractivity (Wildman–Crippen MR) is 93.4 cm³/mol. The van der Waals surface area contributed by atoms with Gasteiger partial charge >= 0.3 is 0 Å². The summed E-state index contributed by atoms with van der Waals surface area (Å²) in [7, 11) is 3.41. The third kappa shape index (κ3) is 5.38. The van der Waals surface area contributed by atoms with Crippen molar-refractivity contribution in [2.24, 2.45) is 0 Å². The number of hydrogen-bond donors (Lipinski definition) is 1. The molecule has 0 unspecified atom stereocenters. The number of carbonyl (C=O) groups is 2. The quantitative estimate of drug-likeness (QED) is 0.818. The number of nitrogens with zero attached hydrogens (tertiary/aromatic N) is 1. The van der Waals surface area contributed by atoms with E-state index in [1.54, 1.807) is 38.4 Å². The molecule has 0 spiro atoms. The fourth-order valence-electron chi connectivity index (χ4n) is 1.95. The maximum absolute atomic E-state index is 12.8. The monoisotopic (exact) mass is 346 g/mol. The highest BCUT2D eigenvalue weighted by molar-refractivity contribution is 8.00. The lowest BCUT2D eigenvalue weighted by Crippen LogP contribution is -2.24. The van der Waals surface area contributed by atoms with E-state index in [2.05, 4.69) is 5.32 Å². The van der Waals surface area contributed by atoms with Crippen LogP contribution in [0.4, 0.5) is 4.39 Å². The average molecular weight is 346 g/mol. The normalized spacial score (nSPS) is 10.3. The Balaban J connectivity index is 1.79. The van der Waals surface area contributed by atoms with Crippen LogP contribution in [0.15, 0.2) is 53.4 Å². The molecule has 4 nitrogen and oxygen atoms in total. The van der Waals surface area contributed by atoms with Crippen LogP contribution >= 0.6 is 11.8 Å². The Labute approximate surface area is 145 Å². The van der Waals surface area contributed by atoms with Gasteiger partial charge in [-0.15, -0.1) is 11.8 Å². The van der Waals surface area contributed by atoms with Crippen LogP contribution in [-0.2, 0) is 11.3 Å². The molecule has 0 saturated heterocycles. The molecule has 0 aliphatic heterocycles. The van der Waals surface area contributed by atoms with Crippen LogP contribution in [0.3, 0.4) is 0 Å². The fourth-order valence-corrected chi connectivity index (χ4v) is 2.68. The minimum atomic E-state index is -0.292. The summed E-state index contributed by atoms with van der Waals surface area (Å²) in [4.78, 5) is 26.0. The van der Waals surface area contributed by atoms with Gasteiger partial charge in [-0.25, -0.2) is 4.39 Å². The zero-order valence-corrected chi connectivity index (χ0v) is 14.4. The van der Waals surface area contributed by atoms with Gasteiger partial charge in [0.05, 0.1) is 5.75 Å². The predicted octanol–water partition coefficient (Wildman–Crippen LogP) is 2.94. The average Bonchev–Trinajstić information content (AvgIpc) is 2.59. The Morgan fingerprint density at radius 1 is 1.04 bits per heavy atom. The van der Waals surface area contributed by atoms with Gasteiger partial charge in [-0.2, -0.15) is 0 Å². The molecule has 2 amide bonds. The highest BCUT2D eigenvalue weighted by atomic mass is 32.2. The zero-order chi connectivity index (χ0) is 17.5. The SMILES string of the molecule is CN(C)C(=O)c1ccc(CNC(=O)CSc2ccc(F)cc2)cc1. The number of hydrogen-bond acceptors (Lipinski definition) is 3. The summed E-state index contributed by atoms with van der Waals surface area (Å²) in [6.45, 7) is 0.402. The van der Waals surface area contributed by atoms with Gasteiger partial charge in [-0.1, -0.05) is 12.1 Å². The van der Waals surface area contributed by atoms with E-state index in [-0.39, 0.29) is 23.4 Å². The molecular weight excluding hydrogens is 327 g/mol. The maximum atomic E-state index is 12.8. The number of carbonyl (C=O) groups excluding carboxylic acids is 2. The van der Waals surface area contributed by atoms with E-state index in [1.165, 1.54) is 28.8 Å². The van der Waals surface area contributed by atoms with Crippen molar-refractivity contribution in [3.8, 4) is 0 Å². The molecule has 0 aliphatic rings. The standard InChI is InChI=1S/C18H19FN2O2S/c1-21(2)18(23)14-5-3-13(4-6-14)11-20-17(22)12-24-16-9-7-15(19)8-10-16/h3-10H,11-12H2,1-2H3,(H,20,22). The molecular formula is C18H19FN2O2S. The molecule has 0 atom stereocenters. The van der Waals surface area contributed by atoms with Gasteiger partial charge in [0, 0.05) is 31.1 Å². The Kier molecular flexibility index (Phi) is 6.37. The van der Waals surface area contributed by atoms with Gasteiger partial charge in [0.1, 0.15) is 5.82 Å². The number of rotatable bonds is 6. The Morgan fingerprint density at radius 3 is 2.25 bits per heavy atom. The van der Waals surface area contributed by atoms with Crippen LogP contribution in [0.5, 0.6) is 0 Å². The van der Waals surface area contributed by atoms with Gasteiger partial charge in [-0.3, -0.25) is 9.59 Å². The van der Waals surface area contributed by atoms with E-state index in [1.807, 2.05) is 12.1 Å². The minimum Gasteiger partial charge on any atom is -0.351 e. The first kappa shape index (κ1) is 18.0. The molecule has 126 valence electrons. The zero-order valence-electron chi connectivity index (χ0n) is 13.6. The van der Waals surface area contributed by atoms with E-state index in [0.29, 0.717) is 12.1 Å². The first-order valence-corrected chi connectivity index (χ1v) is 8.40. The molecule has 0 fully saturated rings. The molecule has 2 aromatic carbocycles. The van der Waals surface area contributed by atoms with Crippen molar-refractivity contribution in [3.63, 3.8) is 0 Å². The number of thioether (sulfide) groups is 1. The summed E-state index contributed by atoms with van der Waals surface area (Å²) in [5.41, 5.74) is 1.53. The largest absolute Gasteiger partial charge is 0.351 e. The van der Waals surface area contributed by atoms with Gasteiger partial charge in [-0.05, 0) is 42.0 Å². The number of amides is 2. The topological polar surface area (TPSA) is 49.4 Å². The van der Waals surface area contributed by atoms with Crippen LogP contribution < -0.4 is 5.32 Å². The third-order valence-electron chi connectivity index (χ3n) is 3.28. The van der Waals surface area contributed by atoms with Gasteiger partial charge in [0.15, 0.2) is 0 Å². The van der Waals surface area contributed by atoms with Crippen LogP contribution in [0.2, 0.25) is 0 Å². The third-order valence-corrected chi connectivity index (χ3v) is 4.29. The second kappa shape index (κ2) is 8.49. The lowest BCUT2D eigenvalue weighted by atomic mass is 10.1. The molecule has 0 bridgehead atoms. The second-order valence-electron chi connectivity index (χ2n) is 5.42. The van der Waals surface area contributed by atoms with Crippen molar-refractivity contribution in [2.75, 3.05) is 19.8 Å². The van der Waals surface area contributed by atoms with E-state index < -0.39 is 0 Å². The van der Waals surface area contributed by atoms with Crippen molar-refractivity contribution in [1.29, 1.82) is 0 Å². The number of nitrogens with one attached hydrogen (secondary N) is 1. The summed E-state index contributed by atoms with van der Waals surface area (Å²) in [6, 6.07) is 13.2. The van der Waals surface area contributed by atoms with Crippen molar-refractivity contribution in [3.05, 3.63) is 65.5 Å². The number of benzene rings is 2. The Bertz CT molecular complexity index is 700. The van der Waals surface area contributed by atoms with E-state index in [4.69, 9.17) is 0 Å². The molecule has 24 heavy (non-hydrogen) atoms. The van der Waals surface area contributed by atoms with Crippen molar-refractivity contribution < 1.29 is 14.0 Å². The van der Waals surface area contributed by atoms with E-state index in [0.717, 1.165) is 10.5 Å². The Hall–Kier alpha value is -2.34. The summed E-state index contributed by atoms with van der Waals surface area (Å²) < 4.78 is 12.8. The summed E-state index contributed by atoms with van der Waals surface area (Å²) in [6.07, 6.45) is 0. The molecule has 0 aliphatic carbocycles. The van der Waals surface area contributed by atoms with Crippen LogP contribution in [-0.4, -0.2) is 36.6 Å². The van der Waals surface area contributed by atoms with E-state index in [9.17, 15) is 14.0 Å². The van der Waals surface area contributed by atoms with Crippen LogP contribution in [0, 0.1) is 5.82 Å². The van der Waals surface area contributed by atoms with Crippen LogP contribution in [0.25, 0.3) is 0 Å². The molecule has 6 heteroatoms. The molecule has 2 aromatic rings. The smallest absolute Gasteiger partial charge is 0.253 e. The first-order valence-electron chi connectivity index (χ1n) is 7.41. The lowest BCUT2D eigenvalue weighted by Gasteiger charge is -2.11. The summed E-state index contributed by atoms with van der Waals surface area (Å²) >= 11 is 1.35. The molecule has 0 aromatic heterocycles. The minimum absolute atomic E-state index is 0.0544. The highest BCUT2D eigenvalue weighted by Gasteiger charge is 2.08. The molecule has 0 saturated carbocycles. The maximum Gasteiger partial charge on any atom is 0.253 e. The summed E-state index contributed by atoms with van der Waals surface area (Å²) in [5.74, 6) is -0.179. The number of halogens is 1. The highest BCUT2D eigenvalue weighted by Crippen LogP contribution is 2.17. The van der Waals surface area contributed by atoms with Crippen molar-refractivity contribution in [2.45, 2.75) is 11.4 Å². The molecule has 0 heterocycles. The van der Waals surface area contributed by atoms with Crippen molar-refractivity contribution in [1.82, 2.24) is 10.2 Å². The van der Waals surface area contributed by atoms with Crippen LogP contribution in [0.1, 0.15) is 15.9 Å². The second-order valence-corrected chi connectivity index (χ2v) is 6.46. The first-order chi connectivity index (χ1) is 11.5. The van der Waals surface area contributed by atoms with Gasteiger partial charge in [0.2, 0.25) is 5.91 Å². The molecule has 1 N–H and O–H groups in total. The lowest BCUT2D eigenvalue weighted by molar-refractivity contribution is -0.118. The molecule has 0 radical (unpaired) electrons. The fraction of sp³-hybridized carbons (Fsp3) is 0.222. The summed E-state index contributed by atoms with van der Waals surface area (Å²) in [5, 5.41) is 2.82. The van der Waals surface area contributed by atoms with Gasteiger partial charge < -0.3 is 10.2 Å².